The first-order valence-corrected chi connectivity index (χ1v) is 9.79. The van der Waals surface area contributed by atoms with Gasteiger partial charge in [0.15, 0.2) is 0 Å². The Labute approximate surface area is 155 Å². The molecular weight excluding hydrogens is 318 g/mol. The molecular formula is C24H25NO. The average Bonchev–Trinajstić information content (AvgIpc) is 3.43. The molecule has 2 heteroatoms. The minimum Gasteiger partial charge on any atom is -0.482 e. The fourth-order valence-electron chi connectivity index (χ4n) is 4.81. The molecule has 0 spiro atoms. The Balaban J connectivity index is 1.66. The lowest BCUT2D eigenvalue weighted by atomic mass is 9.92. The van der Waals surface area contributed by atoms with Crippen molar-refractivity contribution in [3.63, 3.8) is 0 Å². The highest BCUT2D eigenvalue weighted by molar-refractivity contribution is 5.55. The summed E-state index contributed by atoms with van der Waals surface area (Å²) < 4.78 is 8.38. The molecule has 2 aliphatic rings. The molecule has 2 aliphatic carbocycles. The molecule has 0 unspecified atom stereocenters. The Kier molecular flexibility index (Phi) is 3.85. The summed E-state index contributed by atoms with van der Waals surface area (Å²) in [6.07, 6.45) is 6.16. The van der Waals surface area contributed by atoms with Crippen LogP contribution in [0.15, 0.2) is 60.7 Å². The van der Waals surface area contributed by atoms with E-state index >= 15 is 0 Å². The van der Waals surface area contributed by atoms with Gasteiger partial charge in [-0.05, 0) is 61.3 Å². The number of methoxy groups -OCH3 is 1. The topological polar surface area (TPSA) is 14.2 Å². The molecule has 3 aromatic rings. The van der Waals surface area contributed by atoms with Gasteiger partial charge in [-0.3, -0.25) is 4.57 Å². The maximum Gasteiger partial charge on any atom is 0.201 e. The predicted molar refractivity (Wildman–Crippen MR) is 106 cm³/mol. The zero-order valence-corrected chi connectivity index (χ0v) is 15.3. The lowest BCUT2D eigenvalue weighted by molar-refractivity contribution is 0.382. The molecule has 1 saturated carbocycles. The second kappa shape index (κ2) is 6.35. The number of ether oxygens (including phenoxy) is 1. The molecule has 0 aliphatic heterocycles. The van der Waals surface area contributed by atoms with Crippen molar-refractivity contribution in [2.24, 2.45) is 0 Å². The van der Waals surface area contributed by atoms with Crippen LogP contribution in [0.5, 0.6) is 5.88 Å². The molecule has 2 aromatic carbocycles. The lowest BCUT2D eigenvalue weighted by Gasteiger charge is -2.14. The molecule has 1 heterocycles. The third kappa shape index (κ3) is 2.47. The monoisotopic (exact) mass is 343 g/mol. The zero-order chi connectivity index (χ0) is 17.5. The molecule has 5 rings (SSSR count). The first-order chi connectivity index (χ1) is 12.9. The summed E-state index contributed by atoms with van der Waals surface area (Å²) in [5.74, 6) is 2.32. The van der Waals surface area contributed by atoms with Gasteiger partial charge in [0.05, 0.1) is 7.11 Å². The second-order valence-electron chi connectivity index (χ2n) is 7.59. The first kappa shape index (κ1) is 15.7. The largest absolute Gasteiger partial charge is 0.482 e. The molecule has 1 aromatic heterocycles. The highest BCUT2D eigenvalue weighted by Gasteiger charge is 2.44. The van der Waals surface area contributed by atoms with E-state index in [1.54, 1.807) is 5.56 Å². The van der Waals surface area contributed by atoms with Crippen molar-refractivity contribution < 1.29 is 4.74 Å². The average molecular weight is 343 g/mol. The number of hydrogen-bond donors (Lipinski definition) is 0. The number of benzene rings is 2. The minimum atomic E-state index is 0.605. The van der Waals surface area contributed by atoms with Crippen molar-refractivity contribution in [1.29, 1.82) is 0 Å². The summed E-state index contributed by atoms with van der Waals surface area (Å²) in [7, 11) is 1.83. The van der Waals surface area contributed by atoms with E-state index in [2.05, 4.69) is 65.2 Å². The van der Waals surface area contributed by atoms with E-state index in [1.165, 1.54) is 48.2 Å². The Morgan fingerprint density at radius 1 is 0.808 bits per heavy atom. The van der Waals surface area contributed by atoms with E-state index < -0.39 is 0 Å². The highest BCUT2D eigenvalue weighted by atomic mass is 16.5. The molecule has 0 bridgehead atoms. The molecule has 132 valence electrons. The van der Waals surface area contributed by atoms with Crippen molar-refractivity contribution in [2.45, 2.75) is 43.9 Å². The number of aromatic nitrogens is 1. The normalized spacial score (nSPS) is 21.3. The minimum absolute atomic E-state index is 0.605. The Morgan fingerprint density at radius 3 is 2.15 bits per heavy atom. The van der Waals surface area contributed by atoms with Crippen LogP contribution in [-0.4, -0.2) is 11.7 Å². The quantitative estimate of drug-likeness (QED) is 0.598. The summed E-state index contributed by atoms with van der Waals surface area (Å²) in [5.41, 5.74) is 7.24. The van der Waals surface area contributed by atoms with Crippen LogP contribution in [0, 0.1) is 0 Å². The lowest BCUT2D eigenvalue weighted by Crippen LogP contribution is -2.04. The maximum absolute atomic E-state index is 5.96. The summed E-state index contributed by atoms with van der Waals surface area (Å²) in [6.45, 7) is 0. The summed E-state index contributed by atoms with van der Waals surface area (Å²) in [4.78, 5) is 0. The van der Waals surface area contributed by atoms with Crippen LogP contribution in [0.4, 0.5) is 0 Å². The molecule has 0 amide bonds. The van der Waals surface area contributed by atoms with Crippen LogP contribution in [-0.2, 0) is 12.8 Å². The van der Waals surface area contributed by atoms with Gasteiger partial charge in [-0.25, -0.2) is 0 Å². The SMILES string of the molecule is COc1c2c(c([C@@H]3C[C@H]3c3ccccc3)n1-c1ccccc1)CCCC2. The van der Waals surface area contributed by atoms with E-state index in [-0.39, 0.29) is 0 Å². The van der Waals surface area contributed by atoms with Gasteiger partial charge in [0, 0.05) is 22.9 Å². The van der Waals surface area contributed by atoms with Crippen LogP contribution in [0.1, 0.15) is 53.5 Å². The van der Waals surface area contributed by atoms with Crippen LogP contribution >= 0.6 is 0 Å². The number of para-hydroxylation sites is 1. The smallest absolute Gasteiger partial charge is 0.201 e. The molecule has 0 radical (unpaired) electrons. The Morgan fingerprint density at radius 2 is 1.46 bits per heavy atom. The standard InChI is InChI=1S/C24H25NO/c1-26-24-20-15-9-8-14-19(20)23(25(24)18-12-6-3-7-13-18)22-16-21(22)17-10-4-2-5-11-17/h2-7,10-13,21-22H,8-9,14-16H2,1H3/t21-,22+/m0/s1. The van der Waals surface area contributed by atoms with Crippen LogP contribution < -0.4 is 4.74 Å². The van der Waals surface area contributed by atoms with Crippen molar-refractivity contribution in [2.75, 3.05) is 7.11 Å². The third-order valence-electron chi connectivity index (χ3n) is 6.06. The molecule has 26 heavy (non-hydrogen) atoms. The van der Waals surface area contributed by atoms with Gasteiger partial charge < -0.3 is 4.74 Å². The Hall–Kier alpha value is -2.48. The van der Waals surface area contributed by atoms with E-state index in [4.69, 9.17) is 4.74 Å². The van der Waals surface area contributed by atoms with Crippen molar-refractivity contribution in [3.8, 4) is 11.6 Å². The summed E-state index contributed by atoms with van der Waals surface area (Å²) in [6, 6.07) is 21.7. The van der Waals surface area contributed by atoms with E-state index in [9.17, 15) is 0 Å². The third-order valence-corrected chi connectivity index (χ3v) is 6.06. The zero-order valence-electron chi connectivity index (χ0n) is 15.3. The molecule has 2 atom stereocenters. The number of rotatable bonds is 4. The van der Waals surface area contributed by atoms with Gasteiger partial charge in [-0.1, -0.05) is 48.5 Å². The molecule has 0 saturated heterocycles. The predicted octanol–water partition coefficient (Wildman–Crippen LogP) is 5.64. The molecule has 2 nitrogen and oxygen atoms in total. The van der Waals surface area contributed by atoms with E-state index in [0.717, 1.165) is 12.3 Å². The van der Waals surface area contributed by atoms with Gasteiger partial charge >= 0.3 is 0 Å². The van der Waals surface area contributed by atoms with E-state index in [0.29, 0.717) is 11.8 Å². The first-order valence-electron chi connectivity index (χ1n) is 9.79. The van der Waals surface area contributed by atoms with Crippen LogP contribution in [0.2, 0.25) is 0 Å². The van der Waals surface area contributed by atoms with Crippen LogP contribution in [0.25, 0.3) is 5.69 Å². The number of hydrogen-bond acceptors (Lipinski definition) is 1. The maximum atomic E-state index is 5.96. The van der Waals surface area contributed by atoms with Gasteiger partial charge in [0.1, 0.15) is 0 Å². The van der Waals surface area contributed by atoms with Gasteiger partial charge in [-0.2, -0.15) is 0 Å². The fraction of sp³-hybridized carbons (Fsp3) is 0.333. The molecule has 0 N–H and O–H groups in total. The van der Waals surface area contributed by atoms with Crippen molar-refractivity contribution in [3.05, 3.63) is 83.0 Å². The van der Waals surface area contributed by atoms with Crippen molar-refractivity contribution >= 4 is 0 Å². The fourth-order valence-corrected chi connectivity index (χ4v) is 4.81. The van der Waals surface area contributed by atoms with Crippen molar-refractivity contribution in [1.82, 2.24) is 4.57 Å². The summed E-state index contributed by atoms with van der Waals surface area (Å²) in [5, 5.41) is 0. The molecule has 1 fully saturated rings. The second-order valence-corrected chi connectivity index (χ2v) is 7.59. The highest BCUT2D eigenvalue weighted by Crippen LogP contribution is 2.58. The summed E-state index contributed by atoms with van der Waals surface area (Å²) >= 11 is 0. The van der Waals surface area contributed by atoms with Gasteiger partial charge in [0.25, 0.3) is 0 Å². The number of nitrogens with zero attached hydrogens (tertiary/aromatic N) is 1. The van der Waals surface area contributed by atoms with E-state index in [1.807, 2.05) is 7.11 Å². The number of fused-ring (bicyclic) bond motifs is 1. The van der Waals surface area contributed by atoms with Gasteiger partial charge in [0.2, 0.25) is 5.88 Å². The van der Waals surface area contributed by atoms with Gasteiger partial charge in [-0.15, -0.1) is 0 Å². The Bertz CT molecular complexity index is 910. The van der Waals surface area contributed by atoms with Crippen LogP contribution in [0.3, 0.4) is 0 Å².